The van der Waals surface area contributed by atoms with Crippen LogP contribution in [0.4, 0.5) is 0 Å². The Morgan fingerprint density at radius 2 is 2.06 bits per heavy atom. The summed E-state index contributed by atoms with van der Waals surface area (Å²) in [6, 6.07) is 5.67. The minimum atomic E-state index is 0.219. The second kappa shape index (κ2) is 6.27. The van der Waals surface area contributed by atoms with E-state index in [2.05, 4.69) is 6.92 Å². The Hall–Kier alpha value is -0.530. The first-order valence-corrected chi connectivity index (χ1v) is 6.25. The van der Waals surface area contributed by atoms with Gasteiger partial charge in [0.25, 0.3) is 0 Å². The highest BCUT2D eigenvalue weighted by molar-refractivity contribution is 6.42. The van der Waals surface area contributed by atoms with Crippen LogP contribution in [0.15, 0.2) is 18.2 Å². The van der Waals surface area contributed by atoms with Crippen molar-refractivity contribution < 1.29 is 4.79 Å². The first-order valence-electron chi connectivity index (χ1n) is 5.49. The van der Waals surface area contributed by atoms with Gasteiger partial charge in [-0.1, -0.05) is 42.3 Å². The summed E-state index contributed by atoms with van der Waals surface area (Å²) in [6.45, 7) is 3.72. The number of Topliss-reactive ketones (excluding diaryl/α,β-unsaturated/α-hetero) is 1. The molecule has 88 valence electrons. The smallest absolute Gasteiger partial charge is 0.129 e. The largest absolute Gasteiger partial charge is 0.300 e. The summed E-state index contributed by atoms with van der Waals surface area (Å²) >= 11 is 12.1. The highest BCUT2D eigenvalue weighted by atomic mass is 35.5. The maximum Gasteiger partial charge on any atom is 0.129 e. The van der Waals surface area contributed by atoms with Gasteiger partial charge in [-0.2, -0.15) is 0 Å². The predicted molar refractivity (Wildman–Crippen MR) is 69.4 cm³/mol. The molecule has 0 saturated carbocycles. The summed E-state index contributed by atoms with van der Waals surface area (Å²) in [5, 5.41) is 1.21. The lowest BCUT2D eigenvalue weighted by Gasteiger charge is -2.16. The number of hydrogen-bond acceptors (Lipinski definition) is 1. The van der Waals surface area contributed by atoms with Crippen LogP contribution in [0.25, 0.3) is 0 Å². The van der Waals surface area contributed by atoms with E-state index >= 15 is 0 Å². The van der Waals surface area contributed by atoms with Crippen molar-refractivity contribution >= 4 is 29.0 Å². The molecule has 1 aromatic rings. The molecule has 1 aromatic carbocycles. The average molecular weight is 259 g/mol. The van der Waals surface area contributed by atoms with Gasteiger partial charge in [0.15, 0.2) is 0 Å². The summed E-state index contributed by atoms with van der Waals surface area (Å²) in [7, 11) is 0. The number of carbonyl (C=O) groups is 1. The quantitative estimate of drug-likeness (QED) is 0.738. The average Bonchev–Trinajstić information content (AvgIpc) is 2.24. The third-order valence-corrected chi connectivity index (χ3v) is 3.59. The van der Waals surface area contributed by atoms with Gasteiger partial charge in [-0.05, 0) is 37.3 Å². The van der Waals surface area contributed by atoms with Gasteiger partial charge < -0.3 is 4.79 Å². The number of halogens is 2. The van der Waals surface area contributed by atoms with Crippen molar-refractivity contribution in [3.8, 4) is 0 Å². The molecule has 0 amide bonds. The van der Waals surface area contributed by atoms with Gasteiger partial charge in [0.2, 0.25) is 0 Å². The van der Waals surface area contributed by atoms with Crippen molar-refractivity contribution in [2.75, 3.05) is 0 Å². The van der Waals surface area contributed by atoms with Crippen molar-refractivity contribution in [2.45, 2.75) is 39.0 Å². The molecule has 1 unspecified atom stereocenters. The van der Waals surface area contributed by atoms with Crippen molar-refractivity contribution in [3.63, 3.8) is 0 Å². The SMILES string of the molecule is CCC(CCC(C)=O)c1cccc(Cl)c1Cl. The zero-order valence-electron chi connectivity index (χ0n) is 9.59. The Balaban J connectivity index is 2.86. The number of hydrogen-bond donors (Lipinski definition) is 0. The summed E-state index contributed by atoms with van der Waals surface area (Å²) in [5.41, 5.74) is 1.05. The fourth-order valence-corrected chi connectivity index (χ4v) is 2.25. The van der Waals surface area contributed by atoms with E-state index in [4.69, 9.17) is 23.2 Å². The minimum Gasteiger partial charge on any atom is -0.300 e. The number of rotatable bonds is 5. The maximum absolute atomic E-state index is 11.0. The van der Waals surface area contributed by atoms with E-state index in [1.165, 1.54) is 0 Å². The van der Waals surface area contributed by atoms with E-state index in [-0.39, 0.29) is 5.78 Å². The van der Waals surface area contributed by atoms with Crippen LogP contribution in [-0.2, 0) is 4.79 Å². The minimum absolute atomic E-state index is 0.219. The molecule has 0 aliphatic carbocycles. The van der Waals surface area contributed by atoms with E-state index in [1.54, 1.807) is 13.0 Å². The third-order valence-electron chi connectivity index (χ3n) is 2.76. The third kappa shape index (κ3) is 3.50. The van der Waals surface area contributed by atoms with Gasteiger partial charge in [0.05, 0.1) is 10.0 Å². The second-order valence-electron chi connectivity index (χ2n) is 3.99. The molecule has 0 radical (unpaired) electrons. The first-order chi connectivity index (χ1) is 7.56. The Morgan fingerprint density at radius 3 is 2.62 bits per heavy atom. The lowest BCUT2D eigenvalue weighted by Crippen LogP contribution is -2.01. The molecule has 0 aromatic heterocycles. The topological polar surface area (TPSA) is 17.1 Å². The lowest BCUT2D eigenvalue weighted by atomic mass is 9.91. The molecule has 1 nitrogen and oxygen atoms in total. The maximum atomic E-state index is 11.0. The van der Waals surface area contributed by atoms with Crippen LogP contribution in [0.2, 0.25) is 10.0 Å². The standard InChI is InChI=1S/C13H16Cl2O/c1-3-10(8-7-9(2)16)11-5-4-6-12(14)13(11)15/h4-6,10H,3,7-8H2,1-2H3. The molecule has 0 N–H and O–H groups in total. The van der Waals surface area contributed by atoms with Gasteiger partial charge >= 0.3 is 0 Å². The summed E-state index contributed by atoms with van der Waals surface area (Å²) in [5.74, 6) is 0.534. The molecule has 3 heteroatoms. The number of carbonyl (C=O) groups excluding carboxylic acids is 1. The fourth-order valence-electron chi connectivity index (χ4n) is 1.79. The summed E-state index contributed by atoms with van der Waals surface area (Å²) < 4.78 is 0. The highest BCUT2D eigenvalue weighted by Crippen LogP contribution is 2.34. The van der Waals surface area contributed by atoms with Crippen LogP contribution >= 0.6 is 23.2 Å². The van der Waals surface area contributed by atoms with Gasteiger partial charge in [-0.25, -0.2) is 0 Å². The number of benzene rings is 1. The van der Waals surface area contributed by atoms with Crippen LogP contribution in [-0.4, -0.2) is 5.78 Å². The lowest BCUT2D eigenvalue weighted by molar-refractivity contribution is -0.117. The Bertz CT molecular complexity index is 374. The monoisotopic (exact) mass is 258 g/mol. The molecular formula is C13H16Cl2O. The first kappa shape index (κ1) is 13.5. The highest BCUT2D eigenvalue weighted by Gasteiger charge is 2.15. The van der Waals surface area contributed by atoms with Crippen LogP contribution in [0, 0.1) is 0 Å². The van der Waals surface area contributed by atoms with Crippen molar-refractivity contribution in [3.05, 3.63) is 33.8 Å². The molecule has 1 rings (SSSR count). The van der Waals surface area contributed by atoms with Gasteiger partial charge in [0.1, 0.15) is 5.78 Å². The number of ketones is 1. The van der Waals surface area contributed by atoms with Crippen molar-refractivity contribution in [1.29, 1.82) is 0 Å². The zero-order valence-corrected chi connectivity index (χ0v) is 11.1. The van der Waals surface area contributed by atoms with E-state index in [1.807, 2.05) is 12.1 Å². The van der Waals surface area contributed by atoms with Crippen LogP contribution in [0.5, 0.6) is 0 Å². The van der Waals surface area contributed by atoms with E-state index in [0.717, 1.165) is 18.4 Å². The van der Waals surface area contributed by atoms with Crippen LogP contribution in [0.1, 0.15) is 44.6 Å². The molecule has 0 fully saturated rings. The molecule has 16 heavy (non-hydrogen) atoms. The van der Waals surface area contributed by atoms with Gasteiger partial charge in [-0.15, -0.1) is 0 Å². The van der Waals surface area contributed by atoms with Crippen LogP contribution < -0.4 is 0 Å². The zero-order chi connectivity index (χ0) is 12.1. The Labute approximate surface area is 107 Å². The van der Waals surface area contributed by atoms with Gasteiger partial charge in [0, 0.05) is 6.42 Å². The fraction of sp³-hybridized carbons (Fsp3) is 0.462. The summed E-state index contributed by atoms with van der Waals surface area (Å²) in [6.07, 6.45) is 2.40. The van der Waals surface area contributed by atoms with E-state index < -0.39 is 0 Å². The molecule has 0 aliphatic rings. The molecule has 0 saturated heterocycles. The molecule has 0 bridgehead atoms. The Kier molecular flexibility index (Phi) is 5.30. The van der Waals surface area contributed by atoms with Gasteiger partial charge in [-0.3, -0.25) is 0 Å². The van der Waals surface area contributed by atoms with Crippen LogP contribution in [0.3, 0.4) is 0 Å². The molecule has 0 aliphatic heterocycles. The van der Waals surface area contributed by atoms with Crippen molar-refractivity contribution in [1.82, 2.24) is 0 Å². The molecular weight excluding hydrogens is 243 g/mol. The molecule has 0 spiro atoms. The molecule has 0 heterocycles. The van der Waals surface area contributed by atoms with E-state index in [0.29, 0.717) is 22.4 Å². The van der Waals surface area contributed by atoms with Crippen molar-refractivity contribution in [2.24, 2.45) is 0 Å². The predicted octanol–water partition coefficient (Wildman–Crippen LogP) is 4.86. The summed E-state index contributed by atoms with van der Waals surface area (Å²) in [4.78, 5) is 11.0. The molecule has 1 atom stereocenters. The second-order valence-corrected chi connectivity index (χ2v) is 4.77. The Morgan fingerprint density at radius 1 is 1.38 bits per heavy atom. The van der Waals surface area contributed by atoms with E-state index in [9.17, 15) is 4.79 Å². The normalized spacial score (nSPS) is 12.5.